The summed E-state index contributed by atoms with van der Waals surface area (Å²) >= 11 is 0. The number of esters is 1. The van der Waals surface area contributed by atoms with Crippen molar-refractivity contribution in [3.05, 3.63) is 42.0 Å². The van der Waals surface area contributed by atoms with Crippen LogP contribution < -0.4 is 4.74 Å². The molecule has 0 spiro atoms. The Kier molecular flexibility index (Phi) is 9.01. The molecule has 2 rings (SSSR count). The lowest BCUT2D eigenvalue weighted by Gasteiger charge is -2.40. The fourth-order valence-corrected chi connectivity index (χ4v) is 2.97. The molecule has 1 aromatic carbocycles. The van der Waals surface area contributed by atoms with Crippen LogP contribution in [0.1, 0.15) is 34.1 Å². The van der Waals surface area contributed by atoms with E-state index in [1.165, 1.54) is 5.57 Å². The Morgan fingerprint density at radius 3 is 2.56 bits per heavy atom. The van der Waals surface area contributed by atoms with Crippen molar-refractivity contribution >= 4 is 18.4 Å². The molecular formula is C20H30ClNO3. The van der Waals surface area contributed by atoms with Crippen LogP contribution in [0.4, 0.5) is 0 Å². The van der Waals surface area contributed by atoms with Gasteiger partial charge in [0, 0.05) is 25.0 Å². The third-order valence-corrected chi connectivity index (χ3v) is 4.47. The molecular weight excluding hydrogens is 338 g/mol. The van der Waals surface area contributed by atoms with E-state index in [0.29, 0.717) is 17.7 Å². The number of nitrogens with zero attached hydrogens (tertiary/aromatic N) is 1. The molecule has 0 saturated carbocycles. The van der Waals surface area contributed by atoms with Gasteiger partial charge in [-0.1, -0.05) is 36.8 Å². The Morgan fingerprint density at radius 2 is 1.92 bits per heavy atom. The van der Waals surface area contributed by atoms with Crippen LogP contribution in [-0.2, 0) is 9.53 Å². The smallest absolute Gasteiger partial charge is 0.344 e. The van der Waals surface area contributed by atoms with Crippen molar-refractivity contribution < 1.29 is 14.3 Å². The number of hydrogen-bond acceptors (Lipinski definition) is 4. The van der Waals surface area contributed by atoms with Crippen LogP contribution in [0, 0.1) is 5.92 Å². The number of hydrogen-bond donors (Lipinski definition) is 0. The lowest BCUT2D eigenvalue weighted by Crippen LogP contribution is -2.49. The van der Waals surface area contributed by atoms with Gasteiger partial charge >= 0.3 is 5.97 Å². The molecule has 1 fully saturated rings. The first-order valence-electron chi connectivity index (χ1n) is 8.70. The summed E-state index contributed by atoms with van der Waals surface area (Å²) in [6, 6.07) is 9.75. The number of benzene rings is 1. The van der Waals surface area contributed by atoms with Crippen molar-refractivity contribution in [2.75, 3.05) is 19.7 Å². The first-order valence-corrected chi connectivity index (χ1v) is 8.70. The van der Waals surface area contributed by atoms with Gasteiger partial charge in [-0.15, -0.1) is 12.4 Å². The van der Waals surface area contributed by atoms with Crippen molar-refractivity contribution in [2.45, 2.75) is 46.3 Å². The first kappa shape index (κ1) is 21.5. The Bertz CT molecular complexity index is 557. The Labute approximate surface area is 157 Å². The number of allylic oxidation sites excluding steroid dienone is 1. The second kappa shape index (κ2) is 10.5. The van der Waals surface area contributed by atoms with E-state index in [1.807, 2.05) is 30.3 Å². The van der Waals surface area contributed by atoms with Crippen molar-refractivity contribution in [2.24, 2.45) is 5.92 Å². The lowest BCUT2D eigenvalue weighted by atomic mass is 9.91. The normalized spacial score (nSPS) is 23.3. The SMILES string of the molecule is CC(C)=CCN1CC(C)C(OC(=O)COc2ccccc2)CC1C.Cl. The van der Waals surface area contributed by atoms with Gasteiger partial charge in [-0.05, 0) is 39.3 Å². The average molecular weight is 368 g/mol. The molecule has 0 amide bonds. The van der Waals surface area contributed by atoms with Gasteiger partial charge in [-0.25, -0.2) is 4.79 Å². The van der Waals surface area contributed by atoms with Crippen LogP contribution in [0.25, 0.3) is 0 Å². The zero-order chi connectivity index (χ0) is 17.5. The molecule has 1 saturated heterocycles. The summed E-state index contributed by atoms with van der Waals surface area (Å²) in [4.78, 5) is 14.5. The second-order valence-corrected chi connectivity index (χ2v) is 6.93. The van der Waals surface area contributed by atoms with Crippen molar-refractivity contribution in [1.29, 1.82) is 0 Å². The van der Waals surface area contributed by atoms with Gasteiger partial charge in [0.2, 0.25) is 0 Å². The number of ether oxygens (including phenoxy) is 2. The Hall–Kier alpha value is -1.52. The van der Waals surface area contributed by atoms with Crippen LogP contribution in [-0.4, -0.2) is 42.7 Å². The van der Waals surface area contributed by atoms with Crippen LogP contribution in [0.2, 0.25) is 0 Å². The highest BCUT2D eigenvalue weighted by molar-refractivity contribution is 5.85. The van der Waals surface area contributed by atoms with E-state index in [9.17, 15) is 4.79 Å². The third kappa shape index (κ3) is 7.09. The van der Waals surface area contributed by atoms with E-state index in [0.717, 1.165) is 19.5 Å². The van der Waals surface area contributed by atoms with E-state index in [-0.39, 0.29) is 31.1 Å². The summed E-state index contributed by atoms with van der Waals surface area (Å²) in [5, 5.41) is 0. The van der Waals surface area contributed by atoms with Gasteiger partial charge in [-0.2, -0.15) is 0 Å². The number of halogens is 1. The summed E-state index contributed by atoms with van der Waals surface area (Å²) in [6.07, 6.45) is 3.09. The molecule has 0 N–H and O–H groups in total. The number of piperidine rings is 1. The van der Waals surface area contributed by atoms with E-state index in [4.69, 9.17) is 9.47 Å². The zero-order valence-corrected chi connectivity index (χ0v) is 16.4. The van der Waals surface area contributed by atoms with E-state index in [2.05, 4.69) is 38.7 Å². The highest BCUT2D eigenvalue weighted by Gasteiger charge is 2.32. The van der Waals surface area contributed by atoms with E-state index < -0.39 is 0 Å². The molecule has 0 bridgehead atoms. The van der Waals surface area contributed by atoms with Gasteiger partial charge in [0.1, 0.15) is 11.9 Å². The van der Waals surface area contributed by atoms with Crippen molar-refractivity contribution in [1.82, 2.24) is 4.90 Å². The number of likely N-dealkylation sites (tertiary alicyclic amines) is 1. The van der Waals surface area contributed by atoms with E-state index >= 15 is 0 Å². The van der Waals surface area contributed by atoms with E-state index in [1.54, 1.807) is 0 Å². The first-order chi connectivity index (χ1) is 11.5. The van der Waals surface area contributed by atoms with Gasteiger partial charge in [0.15, 0.2) is 6.61 Å². The minimum Gasteiger partial charge on any atom is -0.482 e. The van der Waals surface area contributed by atoms with Gasteiger partial charge in [-0.3, -0.25) is 4.90 Å². The molecule has 1 aliphatic rings. The monoisotopic (exact) mass is 367 g/mol. The fourth-order valence-electron chi connectivity index (χ4n) is 2.97. The molecule has 140 valence electrons. The predicted molar refractivity (Wildman–Crippen MR) is 103 cm³/mol. The summed E-state index contributed by atoms with van der Waals surface area (Å²) in [6.45, 7) is 10.5. The molecule has 1 aromatic rings. The van der Waals surface area contributed by atoms with Crippen LogP contribution in [0.3, 0.4) is 0 Å². The number of carbonyl (C=O) groups is 1. The van der Waals surface area contributed by atoms with Crippen LogP contribution in [0.15, 0.2) is 42.0 Å². The molecule has 0 radical (unpaired) electrons. The Balaban J connectivity index is 0.00000312. The molecule has 3 atom stereocenters. The maximum Gasteiger partial charge on any atom is 0.344 e. The quantitative estimate of drug-likeness (QED) is 0.560. The molecule has 3 unspecified atom stereocenters. The topological polar surface area (TPSA) is 38.8 Å². The van der Waals surface area contributed by atoms with Crippen LogP contribution >= 0.6 is 12.4 Å². The summed E-state index contributed by atoms with van der Waals surface area (Å²) in [7, 11) is 0. The summed E-state index contributed by atoms with van der Waals surface area (Å²) < 4.78 is 11.1. The minimum absolute atomic E-state index is 0. The Morgan fingerprint density at radius 1 is 1.24 bits per heavy atom. The molecule has 0 aromatic heterocycles. The highest BCUT2D eigenvalue weighted by atomic mass is 35.5. The summed E-state index contributed by atoms with van der Waals surface area (Å²) in [5.41, 5.74) is 1.33. The molecule has 1 heterocycles. The fraction of sp³-hybridized carbons (Fsp3) is 0.550. The van der Waals surface area contributed by atoms with Crippen molar-refractivity contribution in [3.8, 4) is 5.75 Å². The van der Waals surface area contributed by atoms with Gasteiger partial charge in [0.05, 0.1) is 0 Å². The molecule has 4 nitrogen and oxygen atoms in total. The molecule has 25 heavy (non-hydrogen) atoms. The largest absolute Gasteiger partial charge is 0.482 e. The van der Waals surface area contributed by atoms with Crippen LogP contribution in [0.5, 0.6) is 5.75 Å². The predicted octanol–water partition coefficient (Wildman–Crippen LogP) is 4.10. The maximum atomic E-state index is 12.1. The highest BCUT2D eigenvalue weighted by Crippen LogP contribution is 2.25. The second-order valence-electron chi connectivity index (χ2n) is 6.93. The van der Waals surface area contributed by atoms with Crippen molar-refractivity contribution in [3.63, 3.8) is 0 Å². The van der Waals surface area contributed by atoms with Gasteiger partial charge in [0.25, 0.3) is 0 Å². The number of carbonyl (C=O) groups excluding carboxylic acids is 1. The zero-order valence-electron chi connectivity index (χ0n) is 15.6. The number of rotatable bonds is 6. The molecule has 0 aliphatic carbocycles. The third-order valence-electron chi connectivity index (χ3n) is 4.47. The number of para-hydroxylation sites is 1. The maximum absolute atomic E-state index is 12.1. The molecule has 5 heteroatoms. The van der Waals surface area contributed by atoms with Gasteiger partial charge < -0.3 is 9.47 Å². The summed E-state index contributed by atoms with van der Waals surface area (Å²) in [5.74, 6) is 0.723. The standard InChI is InChI=1S/C20H29NO3.ClH/c1-15(2)10-11-21-13-16(3)19(12-17(21)4)24-20(22)14-23-18-8-6-5-7-9-18;/h5-10,16-17,19H,11-14H2,1-4H3;1H. The minimum atomic E-state index is -0.291. The average Bonchev–Trinajstić information content (AvgIpc) is 2.55. The lowest BCUT2D eigenvalue weighted by molar-refractivity contribution is -0.158. The molecule has 1 aliphatic heterocycles.